The summed E-state index contributed by atoms with van der Waals surface area (Å²) < 4.78 is 0. The molecule has 4 rings (SSSR count). The molecule has 1 fully saturated rings. The van der Waals surface area contributed by atoms with Crippen LogP contribution in [0.5, 0.6) is 0 Å². The van der Waals surface area contributed by atoms with Gasteiger partial charge >= 0.3 is 0 Å². The first-order chi connectivity index (χ1) is 12.6. The van der Waals surface area contributed by atoms with E-state index in [1.54, 1.807) is 0 Å². The molecule has 0 N–H and O–H groups in total. The van der Waals surface area contributed by atoms with Crippen LogP contribution < -0.4 is 9.80 Å². The van der Waals surface area contributed by atoms with Gasteiger partial charge in [0.25, 0.3) is 0 Å². The Hall–Kier alpha value is -2.66. The Balaban J connectivity index is 1.83. The minimum absolute atomic E-state index is 0.793. The number of para-hydroxylation sites is 2. The zero-order valence-corrected chi connectivity index (χ0v) is 15.7. The number of aromatic nitrogens is 2. The average molecular weight is 347 g/mol. The predicted molar refractivity (Wildman–Crippen MR) is 109 cm³/mol. The van der Waals surface area contributed by atoms with Crippen molar-refractivity contribution in [3.63, 3.8) is 0 Å². The van der Waals surface area contributed by atoms with E-state index < -0.39 is 0 Å². The number of anilines is 2. The van der Waals surface area contributed by atoms with Gasteiger partial charge in [-0.05, 0) is 31.3 Å². The lowest BCUT2D eigenvalue weighted by atomic mass is 10.1. The van der Waals surface area contributed by atoms with Crippen LogP contribution in [-0.4, -0.2) is 62.2 Å². The molecular formula is C21H25N5. The van der Waals surface area contributed by atoms with Crippen molar-refractivity contribution >= 4 is 22.4 Å². The molecular weight excluding hydrogens is 322 g/mol. The highest BCUT2D eigenvalue weighted by molar-refractivity contribution is 5.91. The summed E-state index contributed by atoms with van der Waals surface area (Å²) in [5.41, 5.74) is 3.31. The summed E-state index contributed by atoms with van der Waals surface area (Å²) in [6.07, 6.45) is 0. The van der Waals surface area contributed by atoms with Crippen LogP contribution in [0.4, 0.5) is 11.5 Å². The van der Waals surface area contributed by atoms with Gasteiger partial charge in [0.1, 0.15) is 5.82 Å². The zero-order valence-electron chi connectivity index (χ0n) is 15.7. The number of nitrogens with zero attached hydrogens (tertiary/aromatic N) is 5. The molecule has 0 atom stereocenters. The van der Waals surface area contributed by atoms with Crippen molar-refractivity contribution in [2.75, 3.05) is 57.1 Å². The van der Waals surface area contributed by atoms with Gasteiger partial charge in [-0.25, -0.2) is 9.97 Å². The molecule has 0 amide bonds. The normalized spacial score (nSPS) is 15.4. The van der Waals surface area contributed by atoms with Crippen LogP contribution in [0.15, 0.2) is 48.5 Å². The Labute approximate surface area is 154 Å². The van der Waals surface area contributed by atoms with Gasteiger partial charge in [-0.2, -0.15) is 0 Å². The number of hydrogen-bond donors (Lipinski definition) is 0. The van der Waals surface area contributed by atoms with Gasteiger partial charge in [-0.15, -0.1) is 0 Å². The maximum atomic E-state index is 4.92. The molecule has 0 spiro atoms. The number of fused-ring (bicyclic) bond motifs is 1. The standard InChI is InChI=1S/C21H25N5/c1-24(2)21-16-8-4-6-10-18(16)22-20(23-21)17-9-5-7-11-19(17)26-14-12-25(3)13-15-26/h4-11H,12-15H2,1-3H3. The molecule has 0 unspecified atom stereocenters. The number of likely N-dealkylation sites (N-methyl/N-ethyl adjacent to an activating group) is 1. The monoisotopic (exact) mass is 347 g/mol. The van der Waals surface area contributed by atoms with Crippen LogP contribution >= 0.6 is 0 Å². The van der Waals surface area contributed by atoms with E-state index in [4.69, 9.17) is 9.97 Å². The fourth-order valence-electron chi connectivity index (χ4n) is 3.51. The van der Waals surface area contributed by atoms with Gasteiger partial charge in [-0.3, -0.25) is 0 Å². The van der Waals surface area contributed by atoms with E-state index in [1.807, 2.05) is 26.2 Å². The van der Waals surface area contributed by atoms with Crippen LogP contribution in [0.1, 0.15) is 0 Å². The summed E-state index contributed by atoms with van der Waals surface area (Å²) in [5.74, 6) is 1.75. The Kier molecular flexibility index (Phi) is 4.47. The smallest absolute Gasteiger partial charge is 0.164 e. The predicted octanol–water partition coefficient (Wildman–Crippen LogP) is 3.11. The first-order valence-corrected chi connectivity index (χ1v) is 9.10. The summed E-state index contributed by atoms with van der Waals surface area (Å²) in [6, 6.07) is 16.7. The fourth-order valence-corrected chi connectivity index (χ4v) is 3.51. The molecule has 1 saturated heterocycles. The summed E-state index contributed by atoms with van der Waals surface area (Å²) in [6.45, 7) is 4.22. The van der Waals surface area contributed by atoms with Crippen molar-refractivity contribution in [3.8, 4) is 11.4 Å². The minimum atomic E-state index is 0.793. The summed E-state index contributed by atoms with van der Waals surface area (Å²) >= 11 is 0. The average Bonchev–Trinajstić information content (AvgIpc) is 2.67. The second-order valence-corrected chi connectivity index (χ2v) is 7.09. The molecule has 2 aromatic carbocycles. The van der Waals surface area contributed by atoms with E-state index in [2.05, 4.69) is 58.1 Å². The van der Waals surface area contributed by atoms with Crippen molar-refractivity contribution in [2.24, 2.45) is 0 Å². The van der Waals surface area contributed by atoms with Crippen molar-refractivity contribution < 1.29 is 0 Å². The molecule has 1 aliphatic heterocycles. The van der Waals surface area contributed by atoms with Crippen LogP contribution in [0.25, 0.3) is 22.3 Å². The molecule has 0 aliphatic carbocycles. The lowest BCUT2D eigenvalue weighted by Crippen LogP contribution is -2.44. The van der Waals surface area contributed by atoms with Gasteiger partial charge in [0.15, 0.2) is 5.82 Å². The first-order valence-electron chi connectivity index (χ1n) is 9.10. The largest absolute Gasteiger partial charge is 0.368 e. The Morgan fingerprint density at radius 2 is 1.54 bits per heavy atom. The number of benzene rings is 2. The van der Waals surface area contributed by atoms with E-state index in [-0.39, 0.29) is 0 Å². The van der Waals surface area contributed by atoms with E-state index in [9.17, 15) is 0 Å². The molecule has 2 heterocycles. The van der Waals surface area contributed by atoms with E-state index in [1.165, 1.54) is 5.69 Å². The second kappa shape index (κ2) is 6.92. The van der Waals surface area contributed by atoms with Gasteiger partial charge in [0.2, 0.25) is 0 Å². The number of piperazine rings is 1. The van der Waals surface area contributed by atoms with E-state index >= 15 is 0 Å². The topological polar surface area (TPSA) is 35.5 Å². The summed E-state index contributed by atoms with van der Waals surface area (Å²) in [5, 5.41) is 1.08. The third-order valence-electron chi connectivity index (χ3n) is 5.00. The molecule has 0 radical (unpaired) electrons. The van der Waals surface area contributed by atoms with Crippen molar-refractivity contribution in [1.29, 1.82) is 0 Å². The molecule has 1 aromatic heterocycles. The van der Waals surface area contributed by atoms with Gasteiger partial charge in [-0.1, -0.05) is 24.3 Å². The highest BCUT2D eigenvalue weighted by Gasteiger charge is 2.19. The van der Waals surface area contributed by atoms with Gasteiger partial charge in [0, 0.05) is 56.9 Å². The summed E-state index contributed by atoms with van der Waals surface area (Å²) in [7, 11) is 6.24. The van der Waals surface area contributed by atoms with Crippen LogP contribution in [0.3, 0.4) is 0 Å². The molecule has 26 heavy (non-hydrogen) atoms. The van der Waals surface area contributed by atoms with E-state index in [0.717, 1.165) is 54.3 Å². The van der Waals surface area contributed by atoms with Crippen LogP contribution in [-0.2, 0) is 0 Å². The van der Waals surface area contributed by atoms with Crippen LogP contribution in [0.2, 0.25) is 0 Å². The zero-order chi connectivity index (χ0) is 18.1. The molecule has 5 nitrogen and oxygen atoms in total. The van der Waals surface area contributed by atoms with Gasteiger partial charge < -0.3 is 14.7 Å². The maximum Gasteiger partial charge on any atom is 0.164 e. The van der Waals surface area contributed by atoms with Crippen LogP contribution in [0, 0.1) is 0 Å². The second-order valence-electron chi connectivity index (χ2n) is 7.09. The molecule has 1 aliphatic rings. The molecule has 5 heteroatoms. The Morgan fingerprint density at radius 1 is 0.846 bits per heavy atom. The number of rotatable bonds is 3. The minimum Gasteiger partial charge on any atom is -0.368 e. The quantitative estimate of drug-likeness (QED) is 0.727. The fraction of sp³-hybridized carbons (Fsp3) is 0.333. The van der Waals surface area contributed by atoms with E-state index in [0.29, 0.717) is 0 Å². The molecule has 3 aromatic rings. The third kappa shape index (κ3) is 3.10. The molecule has 0 saturated carbocycles. The third-order valence-corrected chi connectivity index (χ3v) is 5.00. The maximum absolute atomic E-state index is 4.92. The molecule has 134 valence electrons. The van der Waals surface area contributed by atoms with Crippen molar-refractivity contribution in [1.82, 2.24) is 14.9 Å². The first kappa shape index (κ1) is 16.8. The van der Waals surface area contributed by atoms with Gasteiger partial charge in [0.05, 0.1) is 5.52 Å². The highest BCUT2D eigenvalue weighted by atomic mass is 15.2. The molecule has 0 bridgehead atoms. The van der Waals surface area contributed by atoms with Crippen molar-refractivity contribution in [3.05, 3.63) is 48.5 Å². The Bertz CT molecular complexity index is 913. The highest BCUT2D eigenvalue weighted by Crippen LogP contribution is 2.32. The SMILES string of the molecule is CN1CCN(c2ccccc2-c2nc(N(C)C)c3ccccc3n2)CC1. The lowest BCUT2D eigenvalue weighted by molar-refractivity contribution is 0.313. The van der Waals surface area contributed by atoms with Crippen molar-refractivity contribution in [2.45, 2.75) is 0 Å². The number of hydrogen-bond acceptors (Lipinski definition) is 5. The Morgan fingerprint density at radius 3 is 2.31 bits per heavy atom. The lowest BCUT2D eigenvalue weighted by Gasteiger charge is -2.35. The summed E-state index contributed by atoms with van der Waals surface area (Å²) in [4.78, 5) is 16.7.